The van der Waals surface area contributed by atoms with Crippen LogP contribution in [0.3, 0.4) is 0 Å². The lowest BCUT2D eigenvalue weighted by molar-refractivity contribution is 0.104. The summed E-state index contributed by atoms with van der Waals surface area (Å²) in [5.74, 6) is 0.686. The zero-order valence-corrected chi connectivity index (χ0v) is 9.94. The molecule has 0 radical (unpaired) electrons. The lowest BCUT2D eigenvalue weighted by Gasteiger charge is -2.02. The molecule has 0 fully saturated rings. The van der Waals surface area contributed by atoms with Crippen LogP contribution in [0.15, 0.2) is 47.1 Å². The molecule has 0 saturated heterocycles. The molecule has 2 nitrogen and oxygen atoms in total. The summed E-state index contributed by atoms with van der Waals surface area (Å²) < 4.78 is 5.13. The molecule has 0 bridgehead atoms. The number of benzene rings is 1. The van der Waals surface area contributed by atoms with E-state index in [4.69, 9.17) is 4.42 Å². The van der Waals surface area contributed by atoms with Gasteiger partial charge in [0.25, 0.3) is 0 Å². The number of carbonyl (C=O) groups excluding carboxylic acids is 1. The minimum Gasteiger partial charge on any atom is -0.465 e. The molecule has 0 aliphatic heterocycles. The molecule has 1 aromatic carbocycles. The van der Waals surface area contributed by atoms with Crippen molar-refractivity contribution in [2.24, 2.45) is 0 Å². The predicted molar refractivity (Wildman–Crippen MR) is 68.0 cm³/mol. The van der Waals surface area contributed by atoms with E-state index < -0.39 is 0 Å². The van der Waals surface area contributed by atoms with E-state index in [0.29, 0.717) is 5.76 Å². The molecule has 0 amide bonds. The van der Waals surface area contributed by atoms with Crippen molar-refractivity contribution in [1.82, 2.24) is 0 Å². The Morgan fingerprint density at radius 2 is 2.06 bits per heavy atom. The summed E-state index contributed by atoms with van der Waals surface area (Å²) in [6, 6.07) is 9.48. The van der Waals surface area contributed by atoms with Gasteiger partial charge in [0.1, 0.15) is 5.76 Å². The van der Waals surface area contributed by atoms with E-state index in [1.807, 2.05) is 38.1 Å². The highest BCUT2D eigenvalue weighted by atomic mass is 16.3. The first kappa shape index (κ1) is 11.4. The van der Waals surface area contributed by atoms with Gasteiger partial charge >= 0.3 is 0 Å². The molecule has 86 valence electrons. The van der Waals surface area contributed by atoms with Crippen LogP contribution in [-0.4, -0.2) is 5.78 Å². The van der Waals surface area contributed by atoms with E-state index in [2.05, 4.69) is 0 Å². The van der Waals surface area contributed by atoms with Crippen LogP contribution in [0.4, 0.5) is 0 Å². The Morgan fingerprint density at radius 3 is 2.76 bits per heavy atom. The summed E-state index contributed by atoms with van der Waals surface area (Å²) in [5.41, 5.74) is 2.82. The van der Waals surface area contributed by atoms with Crippen molar-refractivity contribution in [3.05, 3.63) is 65.1 Å². The van der Waals surface area contributed by atoms with Crippen molar-refractivity contribution in [3.8, 4) is 0 Å². The van der Waals surface area contributed by atoms with Crippen LogP contribution >= 0.6 is 0 Å². The fourth-order valence-corrected chi connectivity index (χ4v) is 1.63. The van der Waals surface area contributed by atoms with Gasteiger partial charge in [0.2, 0.25) is 0 Å². The Kier molecular flexibility index (Phi) is 3.24. The van der Waals surface area contributed by atoms with Crippen molar-refractivity contribution in [3.63, 3.8) is 0 Å². The van der Waals surface area contributed by atoms with Gasteiger partial charge in [-0.25, -0.2) is 0 Å². The normalized spacial score (nSPS) is 10.9. The molecule has 1 heterocycles. The summed E-state index contributed by atoms with van der Waals surface area (Å²) in [4.78, 5) is 12.0. The molecule has 0 N–H and O–H groups in total. The summed E-state index contributed by atoms with van der Waals surface area (Å²) >= 11 is 0. The first-order chi connectivity index (χ1) is 8.16. The second-order valence-corrected chi connectivity index (χ2v) is 4.03. The molecule has 0 saturated carbocycles. The third-order valence-electron chi connectivity index (χ3n) is 2.60. The Labute approximate surface area is 101 Å². The summed E-state index contributed by atoms with van der Waals surface area (Å²) in [5, 5.41) is 0. The number of hydrogen-bond acceptors (Lipinski definition) is 2. The topological polar surface area (TPSA) is 30.2 Å². The van der Waals surface area contributed by atoms with Crippen molar-refractivity contribution in [1.29, 1.82) is 0 Å². The van der Waals surface area contributed by atoms with Crippen molar-refractivity contribution in [2.45, 2.75) is 13.8 Å². The van der Waals surface area contributed by atoms with E-state index in [0.717, 1.165) is 16.7 Å². The minimum atomic E-state index is 0.00241. The molecular weight excluding hydrogens is 212 g/mol. The molecule has 0 spiro atoms. The molecule has 2 rings (SSSR count). The summed E-state index contributed by atoms with van der Waals surface area (Å²) in [7, 11) is 0. The van der Waals surface area contributed by atoms with Gasteiger partial charge in [0.05, 0.1) is 6.26 Å². The zero-order valence-electron chi connectivity index (χ0n) is 9.94. The van der Waals surface area contributed by atoms with Gasteiger partial charge in [-0.2, -0.15) is 0 Å². The van der Waals surface area contributed by atoms with Crippen LogP contribution in [0.2, 0.25) is 0 Å². The van der Waals surface area contributed by atoms with Crippen LogP contribution in [0.25, 0.3) is 6.08 Å². The Morgan fingerprint density at radius 1 is 1.24 bits per heavy atom. The second kappa shape index (κ2) is 4.83. The maximum atomic E-state index is 12.0. The van der Waals surface area contributed by atoms with E-state index in [9.17, 15) is 4.79 Å². The van der Waals surface area contributed by atoms with Crippen molar-refractivity contribution in [2.75, 3.05) is 0 Å². The van der Waals surface area contributed by atoms with Crippen LogP contribution in [0.5, 0.6) is 0 Å². The van der Waals surface area contributed by atoms with Gasteiger partial charge in [-0.05, 0) is 49.8 Å². The number of hydrogen-bond donors (Lipinski definition) is 0. The van der Waals surface area contributed by atoms with Crippen molar-refractivity contribution >= 4 is 11.9 Å². The highest BCUT2D eigenvalue weighted by Crippen LogP contribution is 2.13. The van der Waals surface area contributed by atoms with E-state index in [-0.39, 0.29) is 5.78 Å². The van der Waals surface area contributed by atoms with Crippen LogP contribution in [-0.2, 0) is 0 Å². The van der Waals surface area contributed by atoms with Gasteiger partial charge in [-0.3, -0.25) is 4.79 Å². The monoisotopic (exact) mass is 226 g/mol. The average molecular weight is 226 g/mol. The first-order valence-electron chi connectivity index (χ1n) is 5.50. The molecule has 0 aliphatic rings. The molecule has 1 aromatic heterocycles. The molecule has 0 aliphatic carbocycles. The number of rotatable bonds is 3. The molecule has 0 unspecified atom stereocenters. The van der Waals surface area contributed by atoms with E-state index in [1.54, 1.807) is 24.5 Å². The Bertz CT molecular complexity index is 548. The molecule has 0 atom stereocenters. The largest absolute Gasteiger partial charge is 0.465 e. The summed E-state index contributed by atoms with van der Waals surface area (Å²) in [6.07, 6.45) is 4.81. The minimum absolute atomic E-state index is 0.00241. The third-order valence-corrected chi connectivity index (χ3v) is 2.60. The predicted octanol–water partition coefficient (Wildman–Crippen LogP) is 3.79. The van der Waals surface area contributed by atoms with E-state index >= 15 is 0 Å². The smallest absolute Gasteiger partial charge is 0.186 e. The zero-order chi connectivity index (χ0) is 12.3. The van der Waals surface area contributed by atoms with Gasteiger partial charge in [-0.1, -0.05) is 17.7 Å². The van der Waals surface area contributed by atoms with Crippen LogP contribution in [0, 0.1) is 13.8 Å². The van der Waals surface area contributed by atoms with Gasteiger partial charge in [0.15, 0.2) is 5.78 Å². The SMILES string of the molecule is Cc1ccc(C)c(C(=O)/C=C/c2ccco2)c1. The second-order valence-electron chi connectivity index (χ2n) is 4.03. The highest BCUT2D eigenvalue weighted by Gasteiger charge is 2.05. The molecule has 17 heavy (non-hydrogen) atoms. The fraction of sp³-hybridized carbons (Fsp3) is 0.133. The van der Waals surface area contributed by atoms with Crippen LogP contribution in [0.1, 0.15) is 27.2 Å². The standard InChI is InChI=1S/C15H14O2/c1-11-5-6-12(2)14(10-11)15(16)8-7-13-4-3-9-17-13/h3-10H,1-2H3/b8-7+. The lowest BCUT2D eigenvalue weighted by atomic mass is 10.0. The number of allylic oxidation sites excluding steroid dienone is 1. The van der Waals surface area contributed by atoms with Gasteiger partial charge < -0.3 is 4.42 Å². The van der Waals surface area contributed by atoms with Gasteiger partial charge in [0, 0.05) is 5.56 Å². The molecular formula is C15H14O2. The number of furan rings is 1. The number of carbonyl (C=O) groups is 1. The van der Waals surface area contributed by atoms with Crippen LogP contribution < -0.4 is 0 Å². The quantitative estimate of drug-likeness (QED) is 0.588. The fourth-order valence-electron chi connectivity index (χ4n) is 1.63. The maximum absolute atomic E-state index is 12.0. The van der Waals surface area contributed by atoms with Crippen molar-refractivity contribution < 1.29 is 9.21 Å². The maximum Gasteiger partial charge on any atom is 0.186 e. The Hall–Kier alpha value is -2.09. The summed E-state index contributed by atoms with van der Waals surface area (Å²) in [6.45, 7) is 3.92. The number of ketones is 1. The average Bonchev–Trinajstić information content (AvgIpc) is 2.82. The first-order valence-corrected chi connectivity index (χ1v) is 5.50. The Balaban J connectivity index is 2.23. The number of aryl methyl sites for hydroxylation is 2. The molecule has 2 heteroatoms. The molecule has 2 aromatic rings. The highest BCUT2D eigenvalue weighted by molar-refractivity contribution is 6.07. The van der Waals surface area contributed by atoms with Gasteiger partial charge in [-0.15, -0.1) is 0 Å². The third kappa shape index (κ3) is 2.72. The van der Waals surface area contributed by atoms with E-state index in [1.165, 1.54) is 0 Å². The lowest BCUT2D eigenvalue weighted by Crippen LogP contribution is -1.98.